The molecular weight excluding hydrogens is 204 g/mol. The van der Waals surface area contributed by atoms with Gasteiger partial charge in [0.25, 0.3) is 0 Å². The van der Waals surface area contributed by atoms with E-state index in [4.69, 9.17) is 5.73 Å². The molecule has 1 atom stereocenters. The molecule has 0 saturated carbocycles. The smallest absolute Gasteiger partial charge is 0.0416 e. The standard InChI is InChI=1S/C12H18N2S/c1-9-3-4-10(13)7-12(9)14(2)11-5-6-15-8-11/h3-4,7,11H,5-6,8,13H2,1-2H3. The molecule has 2 N–H and O–H groups in total. The van der Waals surface area contributed by atoms with Crippen LogP contribution in [0.4, 0.5) is 11.4 Å². The SMILES string of the molecule is Cc1ccc(N)cc1N(C)C1CCSC1. The lowest BCUT2D eigenvalue weighted by Gasteiger charge is -2.27. The summed E-state index contributed by atoms with van der Waals surface area (Å²) in [4.78, 5) is 2.38. The molecule has 2 rings (SSSR count). The Labute approximate surface area is 95.8 Å². The van der Waals surface area contributed by atoms with E-state index in [0.29, 0.717) is 6.04 Å². The first-order valence-electron chi connectivity index (χ1n) is 5.35. The second kappa shape index (κ2) is 4.35. The number of anilines is 2. The zero-order valence-corrected chi connectivity index (χ0v) is 10.2. The summed E-state index contributed by atoms with van der Waals surface area (Å²) in [6.07, 6.45) is 1.29. The van der Waals surface area contributed by atoms with Crippen molar-refractivity contribution < 1.29 is 0 Å². The van der Waals surface area contributed by atoms with E-state index in [9.17, 15) is 0 Å². The van der Waals surface area contributed by atoms with E-state index < -0.39 is 0 Å². The number of rotatable bonds is 2. The van der Waals surface area contributed by atoms with Gasteiger partial charge in [0, 0.05) is 30.2 Å². The molecule has 1 fully saturated rings. The van der Waals surface area contributed by atoms with E-state index in [2.05, 4.69) is 31.0 Å². The van der Waals surface area contributed by atoms with Crippen LogP contribution in [0.15, 0.2) is 18.2 Å². The third kappa shape index (κ3) is 2.23. The Hall–Kier alpha value is -0.830. The molecule has 82 valence electrons. The summed E-state index contributed by atoms with van der Waals surface area (Å²) in [6, 6.07) is 6.83. The highest BCUT2D eigenvalue weighted by atomic mass is 32.2. The zero-order valence-electron chi connectivity index (χ0n) is 9.36. The fourth-order valence-electron chi connectivity index (χ4n) is 2.03. The number of nitrogens with two attached hydrogens (primary N) is 1. The summed E-state index contributed by atoms with van der Waals surface area (Å²) >= 11 is 2.04. The summed E-state index contributed by atoms with van der Waals surface area (Å²) in [6.45, 7) is 2.15. The molecule has 1 aliphatic heterocycles. The molecule has 0 amide bonds. The molecule has 0 spiro atoms. The van der Waals surface area contributed by atoms with Crippen LogP contribution in [-0.2, 0) is 0 Å². The lowest BCUT2D eigenvalue weighted by molar-refractivity contribution is 0.698. The van der Waals surface area contributed by atoms with Crippen molar-refractivity contribution in [3.05, 3.63) is 23.8 Å². The van der Waals surface area contributed by atoms with Crippen molar-refractivity contribution in [3.8, 4) is 0 Å². The van der Waals surface area contributed by atoms with Crippen LogP contribution < -0.4 is 10.6 Å². The zero-order chi connectivity index (χ0) is 10.8. The fourth-order valence-corrected chi connectivity index (χ4v) is 3.30. The largest absolute Gasteiger partial charge is 0.399 e. The van der Waals surface area contributed by atoms with E-state index >= 15 is 0 Å². The van der Waals surface area contributed by atoms with Gasteiger partial charge in [0.1, 0.15) is 0 Å². The molecular formula is C12H18N2S. The number of nitrogen functional groups attached to an aromatic ring is 1. The minimum Gasteiger partial charge on any atom is -0.399 e. The number of hydrogen-bond donors (Lipinski definition) is 1. The van der Waals surface area contributed by atoms with E-state index in [1.807, 2.05) is 17.8 Å². The minimum absolute atomic E-state index is 0.676. The summed E-state index contributed by atoms with van der Waals surface area (Å²) in [5.41, 5.74) is 9.28. The van der Waals surface area contributed by atoms with E-state index in [-0.39, 0.29) is 0 Å². The van der Waals surface area contributed by atoms with Crippen LogP contribution >= 0.6 is 11.8 Å². The van der Waals surface area contributed by atoms with Gasteiger partial charge in [-0.15, -0.1) is 0 Å². The maximum absolute atomic E-state index is 5.83. The van der Waals surface area contributed by atoms with E-state index in [1.54, 1.807) is 0 Å². The molecule has 1 aromatic carbocycles. The Morgan fingerprint density at radius 3 is 2.93 bits per heavy atom. The van der Waals surface area contributed by atoms with Crippen LogP contribution in [0.5, 0.6) is 0 Å². The molecule has 1 aliphatic rings. The lowest BCUT2D eigenvalue weighted by Crippen LogP contribution is -2.31. The molecule has 1 heterocycles. The van der Waals surface area contributed by atoms with Gasteiger partial charge in [0.2, 0.25) is 0 Å². The monoisotopic (exact) mass is 222 g/mol. The van der Waals surface area contributed by atoms with Crippen molar-refractivity contribution >= 4 is 23.1 Å². The van der Waals surface area contributed by atoms with Crippen LogP contribution in [-0.4, -0.2) is 24.6 Å². The first-order valence-corrected chi connectivity index (χ1v) is 6.50. The predicted molar refractivity (Wildman–Crippen MR) is 69.7 cm³/mol. The lowest BCUT2D eigenvalue weighted by atomic mass is 10.1. The molecule has 1 saturated heterocycles. The van der Waals surface area contributed by atoms with Crippen molar-refractivity contribution in [1.29, 1.82) is 0 Å². The maximum atomic E-state index is 5.83. The second-order valence-corrected chi connectivity index (χ2v) is 5.32. The van der Waals surface area contributed by atoms with Gasteiger partial charge >= 0.3 is 0 Å². The summed E-state index contributed by atoms with van der Waals surface area (Å²) in [5.74, 6) is 2.53. The fraction of sp³-hybridized carbons (Fsp3) is 0.500. The predicted octanol–water partition coefficient (Wildman–Crippen LogP) is 2.52. The molecule has 0 aliphatic carbocycles. The van der Waals surface area contributed by atoms with Gasteiger partial charge in [-0.2, -0.15) is 11.8 Å². The van der Waals surface area contributed by atoms with Crippen molar-refractivity contribution in [2.75, 3.05) is 29.2 Å². The first-order chi connectivity index (χ1) is 7.18. The van der Waals surface area contributed by atoms with Gasteiger partial charge in [-0.3, -0.25) is 0 Å². The number of thioether (sulfide) groups is 1. The van der Waals surface area contributed by atoms with Gasteiger partial charge in [-0.1, -0.05) is 6.07 Å². The Bertz CT molecular complexity index is 345. The number of hydrogen-bond acceptors (Lipinski definition) is 3. The summed E-state index contributed by atoms with van der Waals surface area (Å²) < 4.78 is 0. The van der Waals surface area contributed by atoms with Crippen molar-refractivity contribution in [1.82, 2.24) is 0 Å². The van der Waals surface area contributed by atoms with Crippen molar-refractivity contribution in [2.45, 2.75) is 19.4 Å². The summed E-state index contributed by atoms with van der Waals surface area (Å²) in [7, 11) is 2.18. The molecule has 2 nitrogen and oxygen atoms in total. The molecule has 15 heavy (non-hydrogen) atoms. The van der Waals surface area contributed by atoms with E-state index in [0.717, 1.165) is 5.69 Å². The molecule has 3 heteroatoms. The van der Waals surface area contributed by atoms with Crippen molar-refractivity contribution in [2.24, 2.45) is 0 Å². The normalized spacial score (nSPS) is 20.5. The Balaban J connectivity index is 2.23. The molecule has 0 aromatic heterocycles. The summed E-state index contributed by atoms with van der Waals surface area (Å²) in [5, 5.41) is 0. The molecule has 0 bridgehead atoms. The third-order valence-electron chi connectivity index (χ3n) is 3.07. The van der Waals surface area contributed by atoms with Crippen LogP contribution in [0, 0.1) is 6.92 Å². The quantitative estimate of drug-likeness (QED) is 0.780. The average molecular weight is 222 g/mol. The minimum atomic E-state index is 0.676. The van der Waals surface area contributed by atoms with E-state index in [1.165, 1.54) is 29.2 Å². The first kappa shape index (κ1) is 10.7. The Morgan fingerprint density at radius 1 is 1.47 bits per heavy atom. The highest BCUT2D eigenvalue weighted by Gasteiger charge is 2.21. The van der Waals surface area contributed by atoms with Gasteiger partial charge < -0.3 is 10.6 Å². The Kier molecular flexibility index (Phi) is 3.10. The average Bonchev–Trinajstić information content (AvgIpc) is 2.74. The Morgan fingerprint density at radius 2 is 2.27 bits per heavy atom. The molecule has 1 unspecified atom stereocenters. The van der Waals surface area contributed by atoms with Crippen LogP contribution in [0.3, 0.4) is 0 Å². The second-order valence-electron chi connectivity index (χ2n) is 4.17. The van der Waals surface area contributed by atoms with Gasteiger partial charge in [0.05, 0.1) is 0 Å². The molecule has 0 radical (unpaired) electrons. The highest BCUT2D eigenvalue weighted by Crippen LogP contribution is 2.29. The number of aryl methyl sites for hydroxylation is 1. The highest BCUT2D eigenvalue weighted by molar-refractivity contribution is 7.99. The van der Waals surface area contributed by atoms with Gasteiger partial charge in [-0.05, 0) is 36.8 Å². The number of nitrogens with zero attached hydrogens (tertiary/aromatic N) is 1. The molecule has 1 aromatic rings. The van der Waals surface area contributed by atoms with Crippen molar-refractivity contribution in [3.63, 3.8) is 0 Å². The topological polar surface area (TPSA) is 29.3 Å². The van der Waals surface area contributed by atoms with Gasteiger partial charge in [0.15, 0.2) is 0 Å². The van der Waals surface area contributed by atoms with Crippen LogP contribution in [0.25, 0.3) is 0 Å². The van der Waals surface area contributed by atoms with Gasteiger partial charge in [-0.25, -0.2) is 0 Å². The number of benzene rings is 1. The van der Waals surface area contributed by atoms with Crippen LogP contribution in [0.2, 0.25) is 0 Å². The van der Waals surface area contributed by atoms with Crippen LogP contribution in [0.1, 0.15) is 12.0 Å². The third-order valence-corrected chi connectivity index (χ3v) is 4.21. The maximum Gasteiger partial charge on any atom is 0.0416 e.